The Morgan fingerprint density at radius 3 is 2.38 bits per heavy atom. The molecule has 0 heterocycles. The maximum atomic E-state index is 12.8. The fraction of sp³-hybridized carbons (Fsp3) is 0.143. The largest absolute Gasteiger partial charge is 0.379 e. The predicted octanol–water partition coefficient (Wildman–Crippen LogP) is 1.30. The first-order chi connectivity index (χ1) is 5.88. The molecule has 0 atom stereocenters. The van der Waals surface area contributed by atoms with E-state index >= 15 is 0 Å². The quantitative estimate of drug-likeness (QED) is 0.688. The van der Waals surface area contributed by atoms with Gasteiger partial charge in [-0.15, -0.1) is 0 Å². The van der Waals surface area contributed by atoms with E-state index in [0.29, 0.717) is 6.07 Å². The summed E-state index contributed by atoms with van der Waals surface area (Å²) in [7, 11) is -3.77. The van der Waals surface area contributed by atoms with E-state index in [1.165, 1.54) is 0 Å². The minimum atomic E-state index is -3.77. The molecule has 0 aliphatic heterocycles. The van der Waals surface area contributed by atoms with Crippen molar-refractivity contribution in [3.05, 3.63) is 29.8 Å². The van der Waals surface area contributed by atoms with Gasteiger partial charge >= 0.3 is 10.1 Å². The Bertz CT molecular complexity index is 414. The van der Waals surface area contributed by atoms with Gasteiger partial charge in [0, 0.05) is 6.07 Å². The molecule has 1 aromatic rings. The average molecular weight is 208 g/mol. The lowest BCUT2D eigenvalue weighted by Crippen LogP contribution is -2.07. The molecule has 0 radical (unpaired) electrons. The Hall–Kier alpha value is -1.17. The van der Waals surface area contributed by atoms with E-state index in [1.54, 1.807) is 0 Å². The lowest BCUT2D eigenvalue weighted by molar-refractivity contribution is 0.462. The van der Waals surface area contributed by atoms with Gasteiger partial charge in [-0.25, -0.2) is 8.78 Å². The molecule has 0 amide bonds. The van der Waals surface area contributed by atoms with Crippen LogP contribution in [0.4, 0.5) is 8.78 Å². The molecule has 0 fully saturated rings. The molecular formula is C7H6F2O3S. The fourth-order valence-corrected chi connectivity index (χ4v) is 1.17. The molecule has 72 valence electrons. The van der Waals surface area contributed by atoms with Crippen LogP contribution in [0.1, 0.15) is 0 Å². The Morgan fingerprint density at radius 1 is 1.31 bits per heavy atom. The maximum Gasteiger partial charge on any atom is 0.306 e. The molecule has 3 nitrogen and oxygen atoms in total. The van der Waals surface area contributed by atoms with Gasteiger partial charge in [-0.2, -0.15) is 8.42 Å². The highest BCUT2D eigenvalue weighted by atomic mass is 32.2. The molecule has 0 unspecified atom stereocenters. The van der Waals surface area contributed by atoms with Gasteiger partial charge in [0.25, 0.3) is 0 Å². The zero-order valence-electron chi connectivity index (χ0n) is 6.62. The fourth-order valence-electron chi connectivity index (χ4n) is 0.706. The average Bonchev–Trinajstić information content (AvgIpc) is 1.93. The van der Waals surface area contributed by atoms with Crippen LogP contribution in [-0.2, 0) is 10.1 Å². The number of hydrogen-bond acceptors (Lipinski definition) is 3. The summed E-state index contributed by atoms with van der Waals surface area (Å²) in [4.78, 5) is 0. The highest BCUT2D eigenvalue weighted by Gasteiger charge is 2.10. The smallest absolute Gasteiger partial charge is 0.306 e. The van der Waals surface area contributed by atoms with Gasteiger partial charge < -0.3 is 4.18 Å². The van der Waals surface area contributed by atoms with Crippen LogP contribution in [-0.4, -0.2) is 14.7 Å². The van der Waals surface area contributed by atoms with Crippen molar-refractivity contribution in [2.24, 2.45) is 0 Å². The molecule has 0 aliphatic carbocycles. The van der Waals surface area contributed by atoms with Gasteiger partial charge in [-0.05, 0) is 12.1 Å². The molecule has 6 heteroatoms. The molecule has 0 aliphatic rings. The Morgan fingerprint density at radius 2 is 1.92 bits per heavy atom. The van der Waals surface area contributed by atoms with Crippen LogP contribution in [0.15, 0.2) is 18.2 Å². The molecule has 0 saturated carbocycles. The van der Waals surface area contributed by atoms with E-state index in [4.69, 9.17) is 0 Å². The molecule has 0 bridgehead atoms. The van der Waals surface area contributed by atoms with Crippen molar-refractivity contribution in [1.82, 2.24) is 0 Å². The molecule has 0 aromatic heterocycles. The van der Waals surface area contributed by atoms with Crippen molar-refractivity contribution < 1.29 is 21.4 Å². The number of halogens is 2. The normalized spacial score (nSPS) is 11.3. The second-order valence-electron chi connectivity index (χ2n) is 2.36. The van der Waals surface area contributed by atoms with E-state index in [0.717, 1.165) is 18.4 Å². The molecule has 0 N–H and O–H groups in total. The SMILES string of the molecule is CS(=O)(=O)Oc1ccc(F)cc1F. The van der Waals surface area contributed by atoms with Gasteiger partial charge in [0.2, 0.25) is 0 Å². The molecular weight excluding hydrogens is 202 g/mol. The highest BCUT2D eigenvalue weighted by Crippen LogP contribution is 2.18. The summed E-state index contributed by atoms with van der Waals surface area (Å²) >= 11 is 0. The number of rotatable bonds is 2. The lowest BCUT2D eigenvalue weighted by Gasteiger charge is -2.02. The van der Waals surface area contributed by atoms with Crippen molar-refractivity contribution >= 4 is 10.1 Å². The van der Waals surface area contributed by atoms with Crippen LogP contribution in [0.2, 0.25) is 0 Å². The van der Waals surface area contributed by atoms with Crippen LogP contribution in [0.25, 0.3) is 0 Å². The first-order valence-corrected chi connectivity index (χ1v) is 5.04. The van der Waals surface area contributed by atoms with Crippen molar-refractivity contribution in [2.45, 2.75) is 0 Å². The number of hydrogen-bond donors (Lipinski definition) is 0. The van der Waals surface area contributed by atoms with E-state index in [-0.39, 0.29) is 0 Å². The maximum absolute atomic E-state index is 12.8. The second kappa shape index (κ2) is 3.29. The summed E-state index contributed by atoms with van der Waals surface area (Å²) in [5.41, 5.74) is 0. The third kappa shape index (κ3) is 2.98. The highest BCUT2D eigenvalue weighted by molar-refractivity contribution is 7.86. The summed E-state index contributed by atoms with van der Waals surface area (Å²) in [6, 6.07) is 2.36. The van der Waals surface area contributed by atoms with Crippen LogP contribution in [0, 0.1) is 11.6 Å². The summed E-state index contributed by atoms with van der Waals surface area (Å²) < 4.78 is 50.4. The summed E-state index contributed by atoms with van der Waals surface area (Å²) in [5.74, 6) is -2.35. The Balaban J connectivity index is 3.04. The van der Waals surface area contributed by atoms with E-state index in [2.05, 4.69) is 4.18 Å². The van der Waals surface area contributed by atoms with Crippen LogP contribution < -0.4 is 4.18 Å². The van der Waals surface area contributed by atoms with Gasteiger partial charge in [-0.1, -0.05) is 0 Å². The predicted molar refractivity (Wildman–Crippen MR) is 41.8 cm³/mol. The van der Waals surface area contributed by atoms with Gasteiger partial charge in [0.15, 0.2) is 11.6 Å². The monoisotopic (exact) mass is 208 g/mol. The first kappa shape index (κ1) is 9.91. The molecule has 1 rings (SSSR count). The minimum absolute atomic E-state index is 0.510. The number of benzene rings is 1. The summed E-state index contributed by atoms with van der Waals surface area (Å²) in [6.45, 7) is 0. The van der Waals surface area contributed by atoms with Crippen molar-refractivity contribution in [3.8, 4) is 5.75 Å². The van der Waals surface area contributed by atoms with Crippen LogP contribution in [0.3, 0.4) is 0 Å². The van der Waals surface area contributed by atoms with E-state index in [1.807, 2.05) is 0 Å². The van der Waals surface area contributed by atoms with Gasteiger partial charge in [0.1, 0.15) is 5.82 Å². The molecule has 0 spiro atoms. The molecule has 1 aromatic carbocycles. The van der Waals surface area contributed by atoms with Crippen molar-refractivity contribution in [2.75, 3.05) is 6.26 Å². The summed E-state index contributed by atoms with van der Waals surface area (Å²) in [5, 5.41) is 0. The second-order valence-corrected chi connectivity index (χ2v) is 3.94. The third-order valence-electron chi connectivity index (χ3n) is 1.14. The van der Waals surface area contributed by atoms with Crippen LogP contribution >= 0.6 is 0 Å². The minimum Gasteiger partial charge on any atom is -0.379 e. The standard InChI is InChI=1S/C7H6F2O3S/c1-13(10,11)12-7-3-2-5(8)4-6(7)9/h2-4H,1H3. The van der Waals surface area contributed by atoms with Crippen LogP contribution in [0.5, 0.6) is 5.75 Å². The summed E-state index contributed by atoms with van der Waals surface area (Å²) in [6.07, 6.45) is 0.774. The zero-order valence-corrected chi connectivity index (χ0v) is 7.44. The first-order valence-electron chi connectivity index (χ1n) is 3.23. The van der Waals surface area contributed by atoms with E-state index < -0.39 is 27.5 Å². The lowest BCUT2D eigenvalue weighted by atomic mass is 10.3. The van der Waals surface area contributed by atoms with Gasteiger partial charge in [-0.3, -0.25) is 0 Å². The van der Waals surface area contributed by atoms with Crippen molar-refractivity contribution in [1.29, 1.82) is 0 Å². The molecule has 0 saturated heterocycles. The van der Waals surface area contributed by atoms with Crippen molar-refractivity contribution in [3.63, 3.8) is 0 Å². The third-order valence-corrected chi connectivity index (χ3v) is 1.62. The van der Waals surface area contributed by atoms with E-state index in [9.17, 15) is 17.2 Å². The Labute approximate surface area is 74.1 Å². The zero-order chi connectivity index (χ0) is 10.1. The van der Waals surface area contributed by atoms with Gasteiger partial charge in [0.05, 0.1) is 6.26 Å². The molecule has 13 heavy (non-hydrogen) atoms. The Kier molecular flexibility index (Phi) is 2.51. The topological polar surface area (TPSA) is 43.4 Å².